The summed E-state index contributed by atoms with van der Waals surface area (Å²) >= 11 is 0. The molecular formula is C14H18FN5. The maximum atomic E-state index is 13.4. The van der Waals surface area contributed by atoms with E-state index >= 15 is 0 Å². The fourth-order valence-electron chi connectivity index (χ4n) is 2.41. The molecular weight excluding hydrogens is 257 g/mol. The average Bonchev–Trinajstić information content (AvgIpc) is 2.77. The van der Waals surface area contributed by atoms with Gasteiger partial charge in [0.15, 0.2) is 5.82 Å². The molecule has 1 fully saturated rings. The molecule has 1 aromatic carbocycles. The zero-order chi connectivity index (χ0) is 13.9. The summed E-state index contributed by atoms with van der Waals surface area (Å²) in [6.07, 6.45) is 1.07. The molecule has 1 aromatic heterocycles. The Hall–Kier alpha value is -1.95. The second-order valence-corrected chi connectivity index (χ2v) is 5.03. The number of aromatic amines is 1. The normalized spacial score (nSPS) is 16.2. The fraction of sp³-hybridized carbons (Fsp3) is 0.429. The van der Waals surface area contributed by atoms with Crippen LogP contribution in [0.5, 0.6) is 0 Å². The topological polar surface area (TPSA) is 56.8 Å². The van der Waals surface area contributed by atoms with Crippen LogP contribution in [0, 0.1) is 12.7 Å². The van der Waals surface area contributed by atoms with E-state index in [0.717, 1.165) is 43.7 Å². The monoisotopic (exact) mass is 275 g/mol. The minimum absolute atomic E-state index is 0.262. The first-order chi connectivity index (χ1) is 9.74. The molecule has 3 rings (SSSR count). The van der Waals surface area contributed by atoms with Crippen LogP contribution < -0.4 is 10.2 Å². The molecule has 1 aliphatic heterocycles. The number of nitrogens with zero attached hydrogens (tertiary/aromatic N) is 3. The Morgan fingerprint density at radius 2 is 2.15 bits per heavy atom. The number of aromatic nitrogens is 3. The number of halogens is 1. The summed E-state index contributed by atoms with van der Waals surface area (Å²) in [5, 5.41) is 10.5. The minimum atomic E-state index is -0.262. The lowest BCUT2D eigenvalue weighted by Gasteiger charge is -2.16. The van der Waals surface area contributed by atoms with Gasteiger partial charge in [0, 0.05) is 25.2 Å². The van der Waals surface area contributed by atoms with Gasteiger partial charge in [-0.3, -0.25) is 5.10 Å². The van der Waals surface area contributed by atoms with E-state index in [1.54, 1.807) is 6.07 Å². The van der Waals surface area contributed by atoms with E-state index in [9.17, 15) is 4.39 Å². The second-order valence-electron chi connectivity index (χ2n) is 5.03. The Bertz CT molecular complexity index is 587. The van der Waals surface area contributed by atoms with E-state index < -0.39 is 0 Å². The molecule has 20 heavy (non-hydrogen) atoms. The molecule has 2 N–H and O–H groups in total. The Balaban J connectivity index is 1.87. The van der Waals surface area contributed by atoms with Crippen molar-refractivity contribution in [3.63, 3.8) is 0 Å². The summed E-state index contributed by atoms with van der Waals surface area (Å²) < 4.78 is 13.4. The van der Waals surface area contributed by atoms with Gasteiger partial charge in [-0.15, -0.1) is 5.10 Å². The van der Waals surface area contributed by atoms with Crippen LogP contribution in [0.3, 0.4) is 0 Å². The average molecular weight is 275 g/mol. The molecule has 0 spiro atoms. The van der Waals surface area contributed by atoms with Gasteiger partial charge in [0.25, 0.3) is 0 Å². The zero-order valence-corrected chi connectivity index (χ0v) is 11.5. The number of hydrogen-bond acceptors (Lipinski definition) is 4. The van der Waals surface area contributed by atoms with Crippen LogP contribution >= 0.6 is 0 Å². The highest BCUT2D eigenvalue weighted by Crippen LogP contribution is 2.22. The molecule has 5 nitrogen and oxygen atoms in total. The Labute approximate surface area is 117 Å². The van der Waals surface area contributed by atoms with Crippen LogP contribution in [0.15, 0.2) is 18.2 Å². The van der Waals surface area contributed by atoms with Gasteiger partial charge in [-0.05, 0) is 37.6 Å². The van der Waals surface area contributed by atoms with Crippen molar-refractivity contribution in [1.29, 1.82) is 0 Å². The van der Waals surface area contributed by atoms with Crippen molar-refractivity contribution in [2.75, 3.05) is 31.1 Å². The van der Waals surface area contributed by atoms with E-state index in [1.807, 2.05) is 6.92 Å². The SMILES string of the molecule is Cc1ccc(F)cc1-c1nc(N2CCCNCC2)n[nH]1. The van der Waals surface area contributed by atoms with E-state index in [2.05, 4.69) is 25.4 Å². The Kier molecular flexibility index (Phi) is 3.64. The van der Waals surface area contributed by atoms with Gasteiger partial charge in [-0.25, -0.2) is 4.39 Å². The summed E-state index contributed by atoms with van der Waals surface area (Å²) in [4.78, 5) is 6.66. The summed E-state index contributed by atoms with van der Waals surface area (Å²) in [6.45, 7) is 5.72. The summed E-state index contributed by atoms with van der Waals surface area (Å²) in [5.41, 5.74) is 1.74. The summed E-state index contributed by atoms with van der Waals surface area (Å²) in [7, 11) is 0. The number of aryl methyl sites for hydroxylation is 1. The van der Waals surface area contributed by atoms with Crippen LogP contribution in [0.25, 0.3) is 11.4 Å². The highest BCUT2D eigenvalue weighted by Gasteiger charge is 2.15. The summed E-state index contributed by atoms with van der Waals surface area (Å²) in [5.74, 6) is 1.05. The Morgan fingerprint density at radius 1 is 1.25 bits per heavy atom. The third kappa shape index (κ3) is 2.65. The van der Waals surface area contributed by atoms with Crippen molar-refractivity contribution >= 4 is 5.95 Å². The first-order valence-corrected chi connectivity index (χ1v) is 6.88. The second kappa shape index (κ2) is 5.58. The molecule has 0 saturated carbocycles. The predicted molar refractivity (Wildman–Crippen MR) is 76.2 cm³/mol. The van der Waals surface area contributed by atoms with Crippen LogP contribution in [0.2, 0.25) is 0 Å². The Morgan fingerprint density at radius 3 is 3.05 bits per heavy atom. The zero-order valence-electron chi connectivity index (χ0n) is 11.5. The molecule has 0 unspecified atom stereocenters. The molecule has 0 atom stereocenters. The first-order valence-electron chi connectivity index (χ1n) is 6.88. The number of hydrogen-bond donors (Lipinski definition) is 2. The highest BCUT2D eigenvalue weighted by molar-refractivity contribution is 5.61. The molecule has 0 aliphatic carbocycles. The van der Waals surface area contributed by atoms with E-state index in [4.69, 9.17) is 0 Å². The van der Waals surface area contributed by atoms with Gasteiger partial charge >= 0.3 is 0 Å². The number of nitrogens with one attached hydrogen (secondary N) is 2. The largest absolute Gasteiger partial charge is 0.338 e. The number of benzene rings is 1. The van der Waals surface area contributed by atoms with Crippen LogP contribution in [-0.4, -0.2) is 41.4 Å². The smallest absolute Gasteiger partial charge is 0.245 e. The number of rotatable bonds is 2. The predicted octanol–water partition coefficient (Wildman–Crippen LogP) is 1.72. The fourth-order valence-corrected chi connectivity index (χ4v) is 2.41. The van der Waals surface area contributed by atoms with Gasteiger partial charge in [0.05, 0.1) is 0 Å². The number of H-pyrrole nitrogens is 1. The third-order valence-corrected chi connectivity index (χ3v) is 3.55. The molecule has 106 valence electrons. The maximum Gasteiger partial charge on any atom is 0.245 e. The van der Waals surface area contributed by atoms with Crippen molar-refractivity contribution in [2.45, 2.75) is 13.3 Å². The third-order valence-electron chi connectivity index (χ3n) is 3.55. The van der Waals surface area contributed by atoms with Crippen molar-refractivity contribution in [3.8, 4) is 11.4 Å². The highest BCUT2D eigenvalue weighted by atomic mass is 19.1. The molecule has 2 heterocycles. The van der Waals surface area contributed by atoms with Gasteiger partial charge in [0.2, 0.25) is 5.95 Å². The van der Waals surface area contributed by atoms with Gasteiger partial charge < -0.3 is 10.2 Å². The van der Waals surface area contributed by atoms with E-state index in [-0.39, 0.29) is 5.82 Å². The maximum absolute atomic E-state index is 13.4. The number of anilines is 1. The van der Waals surface area contributed by atoms with Crippen molar-refractivity contribution in [3.05, 3.63) is 29.6 Å². The van der Waals surface area contributed by atoms with Crippen LogP contribution in [0.4, 0.5) is 10.3 Å². The van der Waals surface area contributed by atoms with Crippen LogP contribution in [0.1, 0.15) is 12.0 Å². The van der Waals surface area contributed by atoms with Crippen molar-refractivity contribution < 1.29 is 4.39 Å². The molecule has 2 aromatic rings. The quantitative estimate of drug-likeness (QED) is 0.876. The van der Waals surface area contributed by atoms with Crippen molar-refractivity contribution in [1.82, 2.24) is 20.5 Å². The minimum Gasteiger partial charge on any atom is -0.338 e. The lowest BCUT2D eigenvalue weighted by molar-refractivity contribution is 0.628. The molecule has 6 heteroatoms. The van der Waals surface area contributed by atoms with E-state index in [0.29, 0.717) is 11.8 Å². The van der Waals surface area contributed by atoms with Crippen LogP contribution in [-0.2, 0) is 0 Å². The lowest BCUT2D eigenvalue weighted by atomic mass is 10.1. The standard InChI is InChI=1S/C14H18FN5/c1-10-3-4-11(15)9-12(10)13-17-14(19-18-13)20-7-2-5-16-6-8-20/h3-4,9,16H,2,5-8H2,1H3,(H,17,18,19). The first kappa shape index (κ1) is 13.1. The van der Waals surface area contributed by atoms with Crippen molar-refractivity contribution in [2.24, 2.45) is 0 Å². The molecule has 0 bridgehead atoms. The molecule has 1 aliphatic rings. The van der Waals surface area contributed by atoms with Gasteiger partial charge in [0.1, 0.15) is 5.82 Å². The van der Waals surface area contributed by atoms with Gasteiger partial charge in [-0.2, -0.15) is 4.98 Å². The van der Waals surface area contributed by atoms with E-state index in [1.165, 1.54) is 12.1 Å². The molecule has 1 saturated heterocycles. The van der Waals surface area contributed by atoms with Gasteiger partial charge in [-0.1, -0.05) is 6.07 Å². The summed E-state index contributed by atoms with van der Waals surface area (Å²) in [6, 6.07) is 4.70. The molecule has 0 amide bonds. The lowest BCUT2D eigenvalue weighted by Crippen LogP contribution is -2.28. The molecule has 0 radical (unpaired) electrons.